The number of anilines is 1. The Hall–Kier alpha value is -3.73. The maximum absolute atomic E-state index is 14.5. The summed E-state index contributed by atoms with van der Waals surface area (Å²) in [6.07, 6.45) is 0.610. The van der Waals surface area contributed by atoms with Crippen LogP contribution in [0.3, 0.4) is 0 Å². The number of para-hydroxylation sites is 1. The summed E-state index contributed by atoms with van der Waals surface area (Å²) in [5.74, 6) is -1.16. The van der Waals surface area contributed by atoms with Gasteiger partial charge in [0.15, 0.2) is 0 Å². The van der Waals surface area contributed by atoms with Crippen molar-refractivity contribution in [2.75, 3.05) is 11.4 Å². The molecule has 0 radical (unpaired) electrons. The fraction of sp³-hybridized carbons (Fsp3) is 0.120. The maximum Gasteiger partial charge on any atom is 0.344 e. The third-order valence-electron chi connectivity index (χ3n) is 4.93. The summed E-state index contributed by atoms with van der Waals surface area (Å²) >= 11 is 0. The van der Waals surface area contributed by atoms with E-state index in [1.807, 2.05) is 43.3 Å². The Kier molecular flexibility index (Phi) is 5.44. The van der Waals surface area contributed by atoms with Crippen LogP contribution in [0, 0.1) is 5.82 Å². The predicted molar refractivity (Wildman–Crippen MR) is 116 cm³/mol. The third kappa shape index (κ3) is 3.50. The Bertz CT molecular complexity index is 1260. The molecule has 1 amide bonds. The van der Waals surface area contributed by atoms with Crippen molar-refractivity contribution in [1.82, 2.24) is 0 Å². The van der Waals surface area contributed by atoms with Crippen molar-refractivity contribution in [2.45, 2.75) is 13.3 Å². The topological polar surface area (TPSA) is 50.5 Å². The van der Waals surface area contributed by atoms with Gasteiger partial charge in [-0.15, -0.1) is 0 Å². The summed E-state index contributed by atoms with van der Waals surface area (Å²) in [4.78, 5) is 27.6. The van der Waals surface area contributed by atoms with Crippen LogP contribution in [0.25, 0.3) is 21.9 Å². The van der Waals surface area contributed by atoms with Crippen LogP contribution in [0.4, 0.5) is 10.1 Å². The van der Waals surface area contributed by atoms with Gasteiger partial charge in [0.2, 0.25) is 5.76 Å². The van der Waals surface area contributed by atoms with E-state index in [1.165, 1.54) is 11.0 Å². The molecule has 3 aromatic carbocycles. The highest BCUT2D eigenvalue weighted by Crippen LogP contribution is 2.32. The van der Waals surface area contributed by atoms with E-state index in [0.717, 1.165) is 5.56 Å². The molecule has 150 valence electrons. The zero-order chi connectivity index (χ0) is 21.1. The number of hydrogen-bond acceptors (Lipinski definition) is 3. The second-order valence-corrected chi connectivity index (χ2v) is 6.91. The van der Waals surface area contributed by atoms with Crippen LogP contribution in [0.5, 0.6) is 0 Å². The van der Waals surface area contributed by atoms with Gasteiger partial charge in [0, 0.05) is 17.5 Å². The standard InChI is InChI=1S/C25H20FNO3/c1-2-16-27(21-15-9-8-14-20(21)26)24(28)23-22(17-10-4-3-5-11-17)18-12-6-7-13-19(18)25(29)30-23/h3-15H,2,16H2,1H3. The molecular weight excluding hydrogens is 381 g/mol. The molecule has 1 heterocycles. The number of nitrogens with zero attached hydrogens (tertiary/aromatic N) is 1. The van der Waals surface area contributed by atoms with Crippen LogP contribution < -0.4 is 10.5 Å². The fourth-order valence-electron chi connectivity index (χ4n) is 3.59. The molecule has 0 saturated heterocycles. The SMILES string of the molecule is CCCN(C(=O)c1oc(=O)c2ccccc2c1-c1ccccc1)c1ccccc1F. The molecule has 4 nitrogen and oxygen atoms in total. The van der Waals surface area contributed by atoms with Gasteiger partial charge in [0.05, 0.1) is 11.1 Å². The minimum absolute atomic E-state index is 0.0957. The quantitative estimate of drug-likeness (QED) is 0.434. The molecule has 1 aromatic heterocycles. The molecule has 0 aliphatic heterocycles. The summed E-state index contributed by atoms with van der Waals surface area (Å²) in [5, 5.41) is 1.01. The smallest absolute Gasteiger partial charge is 0.344 e. The molecular formula is C25H20FNO3. The van der Waals surface area contributed by atoms with Gasteiger partial charge in [-0.1, -0.05) is 67.6 Å². The molecule has 0 atom stereocenters. The Morgan fingerprint density at radius 2 is 1.53 bits per heavy atom. The summed E-state index contributed by atoms with van der Waals surface area (Å²) in [7, 11) is 0. The van der Waals surface area contributed by atoms with Crippen LogP contribution in [0.2, 0.25) is 0 Å². The minimum atomic E-state index is -0.599. The van der Waals surface area contributed by atoms with Crippen LogP contribution in [-0.2, 0) is 0 Å². The molecule has 30 heavy (non-hydrogen) atoms. The van der Waals surface area contributed by atoms with E-state index in [9.17, 15) is 14.0 Å². The molecule has 0 aliphatic rings. The van der Waals surface area contributed by atoms with Crippen molar-refractivity contribution in [2.24, 2.45) is 0 Å². The lowest BCUT2D eigenvalue weighted by Crippen LogP contribution is -2.33. The van der Waals surface area contributed by atoms with Crippen LogP contribution in [0.1, 0.15) is 23.9 Å². The van der Waals surface area contributed by atoms with Crippen molar-refractivity contribution in [3.05, 3.63) is 101 Å². The monoisotopic (exact) mass is 401 g/mol. The van der Waals surface area contributed by atoms with E-state index in [2.05, 4.69) is 0 Å². The van der Waals surface area contributed by atoms with Crippen molar-refractivity contribution in [3.8, 4) is 11.1 Å². The van der Waals surface area contributed by atoms with E-state index in [1.54, 1.807) is 36.4 Å². The summed E-state index contributed by atoms with van der Waals surface area (Å²) in [6.45, 7) is 2.18. The first-order valence-electron chi connectivity index (χ1n) is 9.79. The number of carbonyl (C=O) groups excluding carboxylic acids is 1. The Morgan fingerprint density at radius 3 is 2.23 bits per heavy atom. The number of hydrogen-bond donors (Lipinski definition) is 0. The molecule has 0 N–H and O–H groups in total. The Labute approximate surface area is 173 Å². The van der Waals surface area contributed by atoms with E-state index in [4.69, 9.17) is 4.42 Å². The molecule has 0 bridgehead atoms. The van der Waals surface area contributed by atoms with Crippen molar-refractivity contribution in [1.29, 1.82) is 0 Å². The van der Waals surface area contributed by atoms with Gasteiger partial charge in [0.1, 0.15) is 5.82 Å². The molecule has 0 fully saturated rings. The normalized spacial score (nSPS) is 10.9. The van der Waals surface area contributed by atoms with Gasteiger partial charge in [-0.2, -0.15) is 0 Å². The van der Waals surface area contributed by atoms with Gasteiger partial charge in [-0.25, -0.2) is 9.18 Å². The second kappa shape index (κ2) is 8.33. The van der Waals surface area contributed by atoms with E-state index < -0.39 is 17.3 Å². The second-order valence-electron chi connectivity index (χ2n) is 6.91. The first-order chi connectivity index (χ1) is 14.6. The molecule has 0 saturated carbocycles. The van der Waals surface area contributed by atoms with Crippen molar-refractivity contribution >= 4 is 22.4 Å². The number of rotatable bonds is 5. The number of halogens is 1. The van der Waals surface area contributed by atoms with E-state index in [0.29, 0.717) is 22.8 Å². The van der Waals surface area contributed by atoms with Gasteiger partial charge in [-0.3, -0.25) is 4.79 Å². The fourth-order valence-corrected chi connectivity index (χ4v) is 3.59. The van der Waals surface area contributed by atoms with Gasteiger partial charge in [0.25, 0.3) is 5.91 Å². The van der Waals surface area contributed by atoms with Gasteiger partial charge >= 0.3 is 5.63 Å². The lowest BCUT2D eigenvalue weighted by molar-refractivity contribution is 0.0956. The number of carbonyl (C=O) groups is 1. The first-order valence-corrected chi connectivity index (χ1v) is 9.79. The lowest BCUT2D eigenvalue weighted by Gasteiger charge is -2.23. The summed E-state index contributed by atoms with van der Waals surface area (Å²) in [5.41, 5.74) is 0.816. The highest BCUT2D eigenvalue weighted by Gasteiger charge is 2.27. The average molecular weight is 401 g/mol. The van der Waals surface area contributed by atoms with Crippen LogP contribution >= 0.6 is 0 Å². The summed E-state index contributed by atoms with van der Waals surface area (Å²) in [6, 6.07) is 22.4. The molecule has 5 heteroatoms. The largest absolute Gasteiger partial charge is 0.416 e. The van der Waals surface area contributed by atoms with Gasteiger partial charge < -0.3 is 9.32 Å². The Balaban J connectivity index is 1.99. The van der Waals surface area contributed by atoms with Crippen LogP contribution in [0.15, 0.2) is 88.1 Å². The van der Waals surface area contributed by atoms with Crippen molar-refractivity contribution in [3.63, 3.8) is 0 Å². The highest BCUT2D eigenvalue weighted by atomic mass is 19.1. The molecule has 0 aliphatic carbocycles. The number of amides is 1. The van der Waals surface area contributed by atoms with E-state index in [-0.39, 0.29) is 18.0 Å². The Morgan fingerprint density at radius 1 is 0.900 bits per heavy atom. The number of fused-ring (bicyclic) bond motifs is 1. The van der Waals surface area contributed by atoms with Crippen LogP contribution in [-0.4, -0.2) is 12.5 Å². The first kappa shape index (κ1) is 19.6. The zero-order valence-electron chi connectivity index (χ0n) is 16.5. The lowest BCUT2D eigenvalue weighted by atomic mass is 9.97. The molecule has 4 aromatic rings. The minimum Gasteiger partial charge on any atom is -0.416 e. The molecule has 0 spiro atoms. The third-order valence-corrected chi connectivity index (χ3v) is 4.93. The zero-order valence-corrected chi connectivity index (χ0v) is 16.5. The van der Waals surface area contributed by atoms with Crippen molar-refractivity contribution < 1.29 is 13.6 Å². The highest BCUT2D eigenvalue weighted by molar-refractivity contribution is 6.12. The summed E-state index contributed by atoms with van der Waals surface area (Å²) < 4.78 is 20.1. The molecule has 4 rings (SSSR count). The maximum atomic E-state index is 14.5. The average Bonchev–Trinajstić information content (AvgIpc) is 2.78. The molecule has 0 unspecified atom stereocenters. The predicted octanol–water partition coefficient (Wildman–Crippen LogP) is 5.66. The number of benzene rings is 3. The van der Waals surface area contributed by atoms with Gasteiger partial charge in [-0.05, 0) is 30.2 Å². The van der Waals surface area contributed by atoms with E-state index >= 15 is 0 Å².